The number of anilines is 1. The van der Waals surface area contributed by atoms with Crippen LogP contribution < -0.4 is 24.9 Å². The fraction of sp³-hybridized carbons (Fsp3) is 0.0800. The number of hydrogen-bond acceptors (Lipinski definition) is 6. The summed E-state index contributed by atoms with van der Waals surface area (Å²) in [6.07, 6.45) is 1.78. The Kier molecular flexibility index (Phi) is 6.46. The van der Waals surface area contributed by atoms with Crippen molar-refractivity contribution in [2.24, 2.45) is 0 Å². The van der Waals surface area contributed by atoms with Crippen LogP contribution in [-0.4, -0.2) is 29.0 Å². The largest absolute Gasteiger partial charge is 0.493 e. The molecular formula is C25H17BrClN3O4S. The number of methoxy groups -OCH3 is 1. The van der Waals surface area contributed by atoms with Crippen LogP contribution in [0.2, 0.25) is 5.02 Å². The van der Waals surface area contributed by atoms with Crippen LogP contribution in [0.25, 0.3) is 22.1 Å². The molecule has 5 aromatic rings. The molecule has 10 heteroatoms. The summed E-state index contributed by atoms with van der Waals surface area (Å²) >= 11 is 10.7. The van der Waals surface area contributed by atoms with Gasteiger partial charge in [-0.2, -0.15) is 0 Å². The second kappa shape index (κ2) is 9.69. The van der Waals surface area contributed by atoms with E-state index in [1.165, 1.54) is 18.4 Å². The van der Waals surface area contributed by atoms with Crippen LogP contribution in [0.15, 0.2) is 69.9 Å². The lowest BCUT2D eigenvalue weighted by Crippen LogP contribution is -2.22. The second-order valence-corrected chi connectivity index (χ2v) is 9.78. The normalized spacial score (nSPS) is 11.8. The Morgan fingerprint density at radius 1 is 1.17 bits per heavy atom. The molecule has 0 radical (unpaired) electrons. The number of nitrogens with one attached hydrogen (secondary N) is 1. The molecule has 7 nitrogen and oxygen atoms in total. The van der Waals surface area contributed by atoms with Crippen molar-refractivity contribution in [1.82, 2.24) is 9.38 Å². The molecule has 0 spiro atoms. The van der Waals surface area contributed by atoms with E-state index in [-0.39, 0.29) is 18.1 Å². The van der Waals surface area contributed by atoms with E-state index in [1.807, 2.05) is 24.3 Å². The number of carbonyl (C=O) groups is 1. The van der Waals surface area contributed by atoms with Crippen LogP contribution in [0, 0.1) is 0 Å². The first-order valence-electron chi connectivity index (χ1n) is 10.4. The molecule has 0 atom stereocenters. The lowest BCUT2D eigenvalue weighted by atomic mass is 10.2. The van der Waals surface area contributed by atoms with Gasteiger partial charge in [0.2, 0.25) is 0 Å². The van der Waals surface area contributed by atoms with E-state index in [0.717, 1.165) is 21.1 Å². The standard InChI is InChI=1S/C25H17BrClN3O4S/c1-33-21-10-14(11-22-24(32)30-19-5-3-2-4-18(19)29-25(30)35-22)6-9-20(21)34-13-23(31)28-15-7-8-16(26)17(27)12-15/h2-12H,13H2,1H3,(H,28,31). The molecule has 35 heavy (non-hydrogen) atoms. The zero-order chi connectivity index (χ0) is 24.5. The van der Waals surface area contributed by atoms with E-state index in [9.17, 15) is 9.59 Å². The van der Waals surface area contributed by atoms with Crippen LogP contribution in [0.3, 0.4) is 0 Å². The lowest BCUT2D eigenvalue weighted by Gasteiger charge is -2.12. The number of rotatable bonds is 6. The fourth-order valence-electron chi connectivity index (χ4n) is 3.57. The van der Waals surface area contributed by atoms with Gasteiger partial charge in [0, 0.05) is 10.2 Å². The summed E-state index contributed by atoms with van der Waals surface area (Å²) < 4.78 is 14.0. The van der Waals surface area contributed by atoms with E-state index in [4.69, 9.17) is 21.1 Å². The van der Waals surface area contributed by atoms with Gasteiger partial charge in [-0.1, -0.05) is 41.1 Å². The van der Waals surface area contributed by atoms with Crippen LogP contribution in [0.4, 0.5) is 5.69 Å². The molecule has 5 rings (SSSR count). The SMILES string of the molecule is COc1cc(C=c2sc3nc4ccccc4n3c2=O)ccc1OCC(=O)Nc1ccc(Br)c(Cl)c1. The number of hydrogen-bond donors (Lipinski definition) is 1. The molecular weight excluding hydrogens is 554 g/mol. The van der Waals surface area contributed by atoms with Crippen LogP contribution in [-0.2, 0) is 4.79 Å². The molecule has 2 heterocycles. The lowest BCUT2D eigenvalue weighted by molar-refractivity contribution is -0.118. The average Bonchev–Trinajstić information content (AvgIpc) is 3.36. The molecule has 0 aliphatic carbocycles. The molecule has 1 amide bonds. The predicted molar refractivity (Wildman–Crippen MR) is 142 cm³/mol. The molecule has 0 bridgehead atoms. The van der Waals surface area contributed by atoms with Crippen LogP contribution in [0.5, 0.6) is 11.5 Å². The van der Waals surface area contributed by atoms with Crippen molar-refractivity contribution in [3.63, 3.8) is 0 Å². The van der Waals surface area contributed by atoms with Gasteiger partial charge in [-0.25, -0.2) is 9.38 Å². The molecule has 2 aromatic heterocycles. The highest BCUT2D eigenvalue weighted by molar-refractivity contribution is 9.10. The van der Waals surface area contributed by atoms with Crippen molar-refractivity contribution in [1.29, 1.82) is 0 Å². The first-order chi connectivity index (χ1) is 16.9. The number of nitrogens with zero attached hydrogens (tertiary/aromatic N) is 2. The summed E-state index contributed by atoms with van der Waals surface area (Å²) in [5.74, 6) is 0.506. The van der Waals surface area contributed by atoms with Gasteiger partial charge in [0.15, 0.2) is 23.1 Å². The topological polar surface area (TPSA) is 81.9 Å². The summed E-state index contributed by atoms with van der Waals surface area (Å²) in [5, 5.41) is 3.22. The summed E-state index contributed by atoms with van der Waals surface area (Å²) in [5.41, 5.74) is 2.77. The van der Waals surface area contributed by atoms with Crippen LogP contribution >= 0.6 is 38.9 Å². The molecule has 1 N–H and O–H groups in total. The number of benzene rings is 3. The number of amides is 1. The van der Waals surface area contributed by atoms with Gasteiger partial charge in [-0.15, -0.1) is 0 Å². The van der Waals surface area contributed by atoms with Gasteiger partial charge in [0.1, 0.15) is 0 Å². The number of thiazole rings is 1. The third-order valence-electron chi connectivity index (χ3n) is 5.19. The van der Waals surface area contributed by atoms with E-state index in [0.29, 0.717) is 31.7 Å². The van der Waals surface area contributed by atoms with Crippen LogP contribution in [0.1, 0.15) is 5.56 Å². The summed E-state index contributed by atoms with van der Waals surface area (Å²) in [6, 6.07) is 17.9. The molecule has 3 aromatic carbocycles. The molecule has 0 fully saturated rings. The van der Waals surface area contributed by atoms with Crippen molar-refractivity contribution >= 4 is 72.5 Å². The van der Waals surface area contributed by atoms with Gasteiger partial charge < -0.3 is 14.8 Å². The average molecular weight is 571 g/mol. The van der Waals surface area contributed by atoms with Gasteiger partial charge in [0.25, 0.3) is 11.5 Å². The third-order valence-corrected chi connectivity index (χ3v) is 7.39. The Balaban J connectivity index is 1.35. The van der Waals surface area contributed by atoms with Crippen molar-refractivity contribution in [3.8, 4) is 11.5 Å². The highest BCUT2D eigenvalue weighted by atomic mass is 79.9. The van der Waals surface area contributed by atoms with Crippen molar-refractivity contribution in [2.75, 3.05) is 19.0 Å². The van der Waals surface area contributed by atoms with E-state index >= 15 is 0 Å². The van der Waals surface area contributed by atoms with Crippen molar-refractivity contribution in [2.45, 2.75) is 0 Å². The fourth-order valence-corrected chi connectivity index (χ4v) is 4.98. The van der Waals surface area contributed by atoms with Gasteiger partial charge in [-0.05, 0) is 70.0 Å². The Morgan fingerprint density at radius 3 is 2.80 bits per heavy atom. The molecule has 0 saturated heterocycles. The highest BCUT2D eigenvalue weighted by Gasteiger charge is 2.12. The highest BCUT2D eigenvalue weighted by Crippen LogP contribution is 2.29. The summed E-state index contributed by atoms with van der Waals surface area (Å²) in [6.45, 7) is -0.215. The van der Waals surface area contributed by atoms with Crippen molar-refractivity contribution < 1.29 is 14.3 Å². The monoisotopic (exact) mass is 569 g/mol. The zero-order valence-corrected chi connectivity index (χ0v) is 21.4. The number of ether oxygens (including phenoxy) is 2. The number of fused-ring (bicyclic) bond motifs is 3. The first-order valence-corrected chi connectivity index (χ1v) is 12.4. The maximum atomic E-state index is 13.0. The maximum Gasteiger partial charge on any atom is 0.274 e. The predicted octanol–water partition coefficient (Wildman–Crippen LogP) is 4.90. The zero-order valence-electron chi connectivity index (χ0n) is 18.2. The number of halogens is 2. The third kappa shape index (κ3) is 4.75. The first kappa shape index (κ1) is 23.3. The maximum absolute atomic E-state index is 13.0. The molecule has 0 saturated carbocycles. The number of imidazole rings is 1. The van der Waals surface area contributed by atoms with Crippen molar-refractivity contribution in [3.05, 3.63) is 90.6 Å². The second-order valence-electron chi connectivity index (χ2n) is 7.51. The minimum absolute atomic E-state index is 0.122. The Labute approximate surface area is 216 Å². The van der Waals surface area contributed by atoms with Gasteiger partial charge in [0.05, 0.1) is 27.7 Å². The summed E-state index contributed by atoms with van der Waals surface area (Å²) in [7, 11) is 1.51. The number of carbonyl (C=O) groups excluding carboxylic acids is 1. The smallest absolute Gasteiger partial charge is 0.274 e. The van der Waals surface area contributed by atoms with E-state index in [2.05, 4.69) is 26.2 Å². The Hall–Kier alpha value is -3.40. The molecule has 0 aliphatic rings. The Morgan fingerprint density at radius 2 is 2.00 bits per heavy atom. The minimum Gasteiger partial charge on any atom is -0.493 e. The van der Waals surface area contributed by atoms with Gasteiger partial charge >= 0.3 is 0 Å². The molecule has 0 aliphatic heterocycles. The van der Waals surface area contributed by atoms with E-state index < -0.39 is 0 Å². The summed E-state index contributed by atoms with van der Waals surface area (Å²) in [4.78, 5) is 30.5. The van der Waals surface area contributed by atoms with E-state index in [1.54, 1.807) is 46.9 Å². The Bertz CT molecular complexity index is 1700. The molecule has 176 valence electrons. The number of aromatic nitrogens is 2. The quantitative estimate of drug-likeness (QED) is 0.314. The van der Waals surface area contributed by atoms with Gasteiger partial charge in [-0.3, -0.25) is 9.59 Å². The minimum atomic E-state index is -0.341. The number of para-hydroxylation sites is 2. The molecule has 0 unspecified atom stereocenters.